The predicted molar refractivity (Wildman–Crippen MR) is 99.8 cm³/mol. The molecule has 6 heteroatoms. The van der Waals surface area contributed by atoms with Crippen molar-refractivity contribution < 1.29 is 4.39 Å². The minimum Gasteiger partial charge on any atom is -0.358 e. The van der Waals surface area contributed by atoms with E-state index in [4.69, 9.17) is 0 Å². The van der Waals surface area contributed by atoms with Crippen molar-refractivity contribution in [1.29, 1.82) is 0 Å². The Balaban J connectivity index is 1.39. The molecule has 0 saturated heterocycles. The zero-order valence-corrected chi connectivity index (χ0v) is 14.3. The maximum Gasteiger partial charge on any atom is 0.326 e. The van der Waals surface area contributed by atoms with Gasteiger partial charge in [0.15, 0.2) is 0 Å². The number of hydrogen-bond donors (Lipinski definition) is 2. The summed E-state index contributed by atoms with van der Waals surface area (Å²) in [6.45, 7) is 3.20. The Morgan fingerprint density at radius 1 is 1.04 bits per heavy atom. The molecule has 0 amide bonds. The maximum atomic E-state index is 13.5. The lowest BCUT2D eigenvalue weighted by Gasteiger charge is -2.27. The first-order valence-electron chi connectivity index (χ1n) is 8.88. The zero-order valence-electron chi connectivity index (χ0n) is 14.3. The van der Waals surface area contributed by atoms with Gasteiger partial charge in [-0.3, -0.25) is 9.47 Å². The Bertz CT molecular complexity index is 1170. The Kier molecular flexibility index (Phi) is 3.46. The SMILES string of the molecule is O=c1[nH]c2ccccc2n1CCN1CCc2[nH]c3cc(F)ccc3c2C1. The van der Waals surface area contributed by atoms with Crippen LogP contribution in [0.15, 0.2) is 47.3 Å². The molecule has 3 heterocycles. The number of aromatic amines is 2. The van der Waals surface area contributed by atoms with Crippen LogP contribution in [-0.4, -0.2) is 32.5 Å². The smallest absolute Gasteiger partial charge is 0.326 e. The summed E-state index contributed by atoms with van der Waals surface area (Å²) in [6.07, 6.45) is 0.911. The van der Waals surface area contributed by atoms with Crippen molar-refractivity contribution in [3.8, 4) is 0 Å². The molecule has 5 nitrogen and oxygen atoms in total. The standard InChI is InChI=1S/C20H19FN4O/c21-13-5-6-14-15-12-24(8-7-16(15)22-18(14)11-13)9-10-25-19-4-2-1-3-17(19)23-20(25)26/h1-6,11,22H,7-10,12H2,(H,23,26). The molecule has 0 atom stereocenters. The third-order valence-electron chi connectivity index (χ3n) is 5.34. The highest BCUT2D eigenvalue weighted by molar-refractivity contribution is 5.85. The van der Waals surface area contributed by atoms with Crippen molar-refractivity contribution in [2.75, 3.05) is 13.1 Å². The summed E-state index contributed by atoms with van der Waals surface area (Å²) in [6, 6.07) is 12.7. The molecule has 2 aromatic carbocycles. The third-order valence-corrected chi connectivity index (χ3v) is 5.34. The number of aromatic nitrogens is 3. The van der Waals surface area contributed by atoms with Crippen LogP contribution in [0.25, 0.3) is 21.9 Å². The van der Waals surface area contributed by atoms with E-state index in [2.05, 4.69) is 14.9 Å². The minimum absolute atomic E-state index is 0.0635. The quantitative estimate of drug-likeness (QED) is 0.597. The van der Waals surface area contributed by atoms with E-state index in [1.54, 1.807) is 10.6 Å². The van der Waals surface area contributed by atoms with Crippen molar-refractivity contribution in [2.45, 2.75) is 19.5 Å². The number of halogens is 1. The van der Waals surface area contributed by atoms with E-state index in [0.717, 1.165) is 48.0 Å². The summed E-state index contributed by atoms with van der Waals surface area (Å²) in [5, 5.41) is 1.09. The van der Waals surface area contributed by atoms with Crippen LogP contribution < -0.4 is 5.69 Å². The van der Waals surface area contributed by atoms with Crippen LogP contribution in [-0.2, 0) is 19.5 Å². The van der Waals surface area contributed by atoms with Gasteiger partial charge in [-0.25, -0.2) is 9.18 Å². The van der Waals surface area contributed by atoms with Gasteiger partial charge in [-0.05, 0) is 35.9 Å². The molecule has 0 radical (unpaired) electrons. The number of nitrogens with one attached hydrogen (secondary N) is 2. The van der Waals surface area contributed by atoms with Crippen LogP contribution in [0.1, 0.15) is 11.3 Å². The average molecular weight is 350 g/mol. The minimum atomic E-state index is -0.216. The third kappa shape index (κ3) is 2.45. The summed E-state index contributed by atoms with van der Waals surface area (Å²) in [5.74, 6) is -0.216. The predicted octanol–water partition coefficient (Wildman–Crippen LogP) is 3.01. The zero-order chi connectivity index (χ0) is 17.7. The van der Waals surface area contributed by atoms with Gasteiger partial charge in [0, 0.05) is 49.2 Å². The number of H-pyrrole nitrogens is 2. The topological polar surface area (TPSA) is 56.8 Å². The molecule has 0 fully saturated rings. The van der Waals surface area contributed by atoms with Gasteiger partial charge in [0.05, 0.1) is 11.0 Å². The summed E-state index contributed by atoms with van der Waals surface area (Å²) in [5.41, 5.74) is 5.06. The second-order valence-corrected chi connectivity index (χ2v) is 6.90. The van der Waals surface area contributed by atoms with Gasteiger partial charge in [-0.1, -0.05) is 12.1 Å². The van der Waals surface area contributed by atoms with Gasteiger partial charge in [0.25, 0.3) is 0 Å². The van der Waals surface area contributed by atoms with E-state index in [-0.39, 0.29) is 11.5 Å². The van der Waals surface area contributed by atoms with E-state index in [9.17, 15) is 9.18 Å². The molecule has 0 aliphatic carbocycles. The monoisotopic (exact) mass is 350 g/mol. The fourth-order valence-electron chi connectivity index (χ4n) is 4.01. The first-order chi connectivity index (χ1) is 12.7. The molecule has 1 aliphatic rings. The number of rotatable bonds is 3. The normalized spacial score (nSPS) is 15.0. The fourth-order valence-corrected chi connectivity index (χ4v) is 4.01. The molecule has 4 aromatic rings. The molecule has 0 bridgehead atoms. The van der Waals surface area contributed by atoms with Crippen molar-refractivity contribution in [2.24, 2.45) is 0 Å². The van der Waals surface area contributed by atoms with Gasteiger partial charge < -0.3 is 9.97 Å². The van der Waals surface area contributed by atoms with E-state index in [0.29, 0.717) is 6.54 Å². The van der Waals surface area contributed by atoms with Crippen LogP contribution in [0.2, 0.25) is 0 Å². The van der Waals surface area contributed by atoms with Gasteiger partial charge in [0.2, 0.25) is 0 Å². The fraction of sp³-hybridized carbons (Fsp3) is 0.250. The first kappa shape index (κ1) is 15.4. The Morgan fingerprint density at radius 2 is 1.92 bits per heavy atom. The summed E-state index contributed by atoms with van der Waals surface area (Å²) >= 11 is 0. The Morgan fingerprint density at radius 3 is 2.85 bits per heavy atom. The molecule has 1 aliphatic heterocycles. The second kappa shape index (κ2) is 5.85. The molecule has 2 N–H and O–H groups in total. The summed E-state index contributed by atoms with van der Waals surface area (Å²) in [4.78, 5) is 20.8. The van der Waals surface area contributed by atoms with Crippen molar-refractivity contribution in [3.63, 3.8) is 0 Å². The molecule has 26 heavy (non-hydrogen) atoms. The van der Waals surface area contributed by atoms with Crippen LogP contribution in [0, 0.1) is 5.82 Å². The molecule has 0 unspecified atom stereocenters. The Hall–Kier alpha value is -2.86. The number of hydrogen-bond acceptors (Lipinski definition) is 2. The molecule has 2 aromatic heterocycles. The lowest BCUT2D eigenvalue weighted by atomic mass is 10.0. The van der Waals surface area contributed by atoms with Gasteiger partial charge in [-0.2, -0.15) is 0 Å². The first-order valence-corrected chi connectivity index (χ1v) is 8.88. The Labute approximate surface area is 149 Å². The number of benzene rings is 2. The largest absolute Gasteiger partial charge is 0.358 e. The summed E-state index contributed by atoms with van der Waals surface area (Å²) < 4.78 is 15.3. The number of nitrogens with zero attached hydrogens (tertiary/aromatic N) is 2. The highest BCUT2D eigenvalue weighted by atomic mass is 19.1. The summed E-state index contributed by atoms with van der Waals surface area (Å²) in [7, 11) is 0. The second-order valence-electron chi connectivity index (χ2n) is 6.90. The van der Waals surface area contributed by atoms with E-state index < -0.39 is 0 Å². The number of fused-ring (bicyclic) bond motifs is 4. The number of para-hydroxylation sites is 2. The van der Waals surface area contributed by atoms with Crippen LogP contribution in [0.5, 0.6) is 0 Å². The molecule has 0 spiro atoms. The van der Waals surface area contributed by atoms with E-state index in [1.165, 1.54) is 17.3 Å². The van der Waals surface area contributed by atoms with Crippen LogP contribution in [0.3, 0.4) is 0 Å². The van der Waals surface area contributed by atoms with Gasteiger partial charge in [0.1, 0.15) is 5.82 Å². The molecular weight excluding hydrogens is 331 g/mol. The molecular formula is C20H19FN4O. The van der Waals surface area contributed by atoms with E-state index in [1.807, 2.05) is 30.3 Å². The number of imidazole rings is 1. The molecule has 132 valence electrons. The van der Waals surface area contributed by atoms with Crippen molar-refractivity contribution in [1.82, 2.24) is 19.4 Å². The average Bonchev–Trinajstić information content (AvgIpc) is 3.15. The van der Waals surface area contributed by atoms with Gasteiger partial charge in [-0.15, -0.1) is 0 Å². The van der Waals surface area contributed by atoms with Crippen LogP contribution in [0.4, 0.5) is 4.39 Å². The van der Waals surface area contributed by atoms with Crippen molar-refractivity contribution >= 4 is 21.9 Å². The lowest BCUT2D eigenvalue weighted by Crippen LogP contribution is -2.34. The van der Waals surface area contributed by atoms with Crippen molar-refractivity contribution in [3.05, 3.63) is 70.0 Å². The van der Waals surface area contributed by atoms with Gasteiger partial charge >= 0.3 is 5.69 Å². The molecule has 0 saturated carbocycles. The maximum absolute atomic E-state index is 13.5. The highest BCUT2D eigenvalue weighted by Crippen LogP contribution is 2.28. The van der Waals surface area contributed by atoms with Crippen LogP contribution >= 0.6 is 0 Å². The van der Waals surface area contributed by atoms with E-state index >= 15 is 0 Å². The molecule has 5 rings (SSSR count). The highest BCUT2D eigenvalue weighted by Gasteiger charge is 2.21. The lowest BCUT2D eigenvalue weighted by molar-refractivity contribution is 0.244.